The number of rotatable bonds is 3. The predicted octanol–water partition coefficient (Wildman–Crippen LogP) is 1.61. The number of hydrogen-bond donors (Lipinski definition) is 2. The van der Waals surface area contributed by atoms with Crippen molar-refractivity contribution in [3.63, 3.8) is 0 Å². The normalized spacial score (nSPS) is 14.9. The summed E-state index contributed by atoms with van der Waals surface area (Å²) >= 11 is 0. The molecule has 0 saturated heterocycles. The van der Waals surface area contributed by atoms with Gasteiger partial charge in [-0.1, -0.05) is 0 Å². The maximum atomic E-state index is 11.6. The number of Topliss-reactive ketones (excluding diaryl/α,β-unsaturated/α-hetero) is 1. The van der Waals surface area contributed by atoms with E-state index in [9.17, 15) is 4.79 Å². The number of carbonyl (C=O) groups excluding carboxylic acids is 1. The summed E-state index contributed by atoms with van der Waals surface area (Å²) in [4.78, 5) is 11.6. The largest absolute Gasteiger partial charge is 0.395 e. The van der Waals surface area contributed by atoms with Crippen LogP contribution in [0.4, 0.5) is 5.69 Å². The Kier molecular flexibility index (Phi) is 3.02. The van der Waals surface area contributed by atoms with Gasteiger partial charge in [-0.2, -0.15) is 0 Å². The zero-order valence-electron chi connectivity index (χ0n) is 8.62. The minimum Gasteiger partial charge on any atom is -0.395 e. The average Bonchev–Trinajstić information content (AvgIpc) is 2.26. The number of anilines is 1. The summed E-state index contributed by atoms with van der Waals surface area (Å²) < 4.78 is 0. The molecular formula is C12H15NO2. The van der Waals surface area contributed by atoms with E-state index in [2.05, 4.69) is 5.32 Å². The molecule has 0 atom stereocenters. The fourth-order valence-electron chi connectivity index (χ4n) is 1.96. The molecule has 0 spiro atoms. The number of aryl methyl sites for hydroxylation is 1. The molecule has 2 N–H and O–H groups in total. The van der Waals surface area contributed by atoms with E-state index in [4.69, 9.17) is 5.11 Å². The van der Waals surface area contributed by atoms with Gasteiger partial charge in [-0.25, -0.2) is 0 Å². The van der Waals surface area contributed by atoms with Crippen molar-refractivity contribution in [2.24, 2.45) is 0 Å². The van der Waals surface area contributed by atoms with Crippen molar-refractivity contribution in [2.75, 3.05) is 18.5 Å². The minimum atomic E-state index is 0.121. The van der Waals surface area contributed by atoms with E-state index in [1.165, 1.54) is 0 Å². The van der Waals surface area contributed by atoms with Crippen molar-refractivity contribution < 1.29 is 9.90 Å². The van der Waals surface area contributed by atoms with E-state index in [1.807, 2.05) is 18.2 Å². The van der Waals surface area contributed by atoms with Crippen molar-refractivity contribution in [2.45, 2.75) is 19.3 Å². The lowest BCUT2D eigenvalue weighted by molar-refractivity contribution is 0.0972. The van der Waals surface area contributed by atoms with Gasteiger partial charge in [-0.15, -0.1) is 0 Å². The highest BCUT2D eigenvalue weighted by atomic mass is 16.3. The molecule has 0 unspecified atom stereocenters. The smallest absolute Gasteiger partial charge is 0.163 e. The van der Waals surface area contributed by atoms with Gasteiger partial charge in [0.1, 0.15) is 0 Å². The molecule has 0 heterocycles. The van der Waals surface area contributed by atoms with Crippen LogP contribution in [0.15, 0.2) is 18.2 Å². The quantitative estimate of drug-likeness (QED) is 0.788. The third kappa shape index (κ3) is 2.18. The fraction of sp³-hybridized carbons (Fsp3) is 0.417. The standard InChI is InChI=1S/C12H15NO2/c14-7-6-13-10-4-5-11-9(8-10)2-1-3-12(11)15/h4-5,8,13-14H,1-3,6-7H2. The summed E-state index contributed by atoms with van der Waals surface area (Å²) in [7, 11) is 0. The highest BCUT2D eigenvalue weighted by Gasteiger charge is 2.16. The van der Waals surface area contributed by atoms with Gasteiger partial charge in [0.05, 0.1) is 6.61 Å². The Hall–Kier alpha value is -1.35. The SMILES string of the molecule is O=C1CCCc2cc(NCCO)ccc21. The fourth-order valence-corrected chi connectivity index (χ4v) is 1.96. The molecule has 3 nitrogen and oxygen atoms in total. The molecular weight excluding hydrogens is 190 g/mol. The minimum absolute atomic E-state index is 0.121. The summed E-state index contributed by atoms with van der Waals surface area (Å²) in [5.41, 5.74) is 2.99. The highest BCUT2D eigenvalue weighted by Crippen LogP contribution is 2.24. The van der Waals surface area contributed by atoms with Gasteiger partial charge in [0.15, 0.2) is 5.78 Å². The molecule has 0 bridgehead atoms. The van der Waals surface area contributed by atoms with E-state index in [0.717, 1.165) is 29.7 Å². The van der Waals surface area contributed by atoms with Crippen molar-refractivity contribution in [3.8, 4) is 0 Å². The lowest BCUT2D eigenvalue weighted by Gasteiger charge is -2.16. The van der Waals surface area contributed by atoms with Crippen LogP contribution in [-0.4, -0.2) is 24.0 Å². The van der Waals surface area contributed by atoms with Crippen LogP contribution in [0.5, 0.6) is 0 Å². The Balaban J connectivity index is 2.21. The van der Waals surface area contributed by atoms with Gasteiger partial charge in [-0.05, 0) is 36.6 Å². The molecule has 1 aromatic carbocycles. The molecule has 3 heteroatoms. The third-order valence-corrected chi connectivity index (χ3v) is 2.70. The second-order valence-corrected chi connectivity index (χ2v) is 3.80. The number of carbonyl (C=O) groups is 1. The van der Waals surface area contributed by atoms with Crippen molar-refractivity contribution >= 4 is 11.5 Å². The Morgan fingerprint density at radius 1 is 1.33 bits per heavy atom. The second-order valence-electron chi connectivity index (χ2n) is 3.80. The van der Waals surface area contributed by atoms with Gasteiger partial charge in [-0.3, -0.25) is 4.79 Å². The molecule has 2 rings (SSSR count). The number of fused-ring (bicyclic) bond motifs is 1. The van der Waals surface area contributed by atoms with Gasteiger partial charge in [0, 0.05) is 24.2 Å². The Labute approximate surface area is 89.1 Å². The van der Waals surface area contributed by atoms with E-state index in [-0.39, 0.29) is 12.4 Å². The molecule has 0 amide bonds. The molecule has 15 heavy (non-hydrogen) atoms. The maximum absolute atomic E-state index is 11.6. The average molecular weight is 205 g/mol. The first-order chi connectivity index (χ1) is 7.31. The first kappa shape index (κ1) is 10.2. The number of hydrogen-bond acceptors (Lipinski definition) is 3. The van der Waals surface area contributed by atoms with Crippen molar-refractivity contribution in [1.82, 2.24) is 0 Å². The van der Waals surface area contributed by atoms with Crippen LogP contribution < -0.4 is 5.32 Å². The van der Waals surface area contributed by atoms with E-state index in [1.54, 1.807) is 0 Å². The summed E-state index contributed by atoms with van der Waals surface area (Å²) in [5.74, 6) is 0.255. The van der Waals surface area contributed by atoms with Crippen LogP contribution in [0.1, 0.15) is 28.8 Å². The summed E-state index contributed by atoms with van der Waals surface area (Å²) in [6.07, 6.45) is 2.61. The summed E-state index contributed by atoms with van der Waals surface area (Å²) in [5, 5.41) is 11.8. The Bertz CT molecular complexity index is 374. The molecule has 0 aliphatic heterocycles. The van der Waals surface area contributed by atoms with Crippen LogP contribution in [0.3, 0.4) is 0 Å². The van der Waals surface area contributed by atoms with Crippen molar-refractivity contribution in [1.29, 1.82) is 0 Å². The van der Waals surface area contributed by atoms with E-state index in [0.29, 0.717) is 13.0 Å². The first-order valence-corrected chi connectivity index (χ1v) is 5.32. The lowest BCUT2D eigenvalue weighted by atomic mass is 9.90. The Morgan fingerprint density at radius 2 is 2.20 bits per heavy atom. The monoisotopic (exact) mass is 205 g/mol. The third-order valence-electron chi connectivity index (χ3n) is 2.70. The highest BCUT2D eigenvalue weighted by molar-refractivity contribution is 5.98. The number of aliphatic hydroxyl groups is 1. The topological polar surface area (TPSA) is 49.3 Å². The molecule has 0 aromatic heterocycles. The molecule has 0 fully saturated rings. The summed E-state index contributed by atoms with van der Waals surface area (Å²) in [6.45, 7) is 0.669. The van der Waals surface area contributed by atoms with E-state index >= 15 is 0 Å². The van der Waals surface area contributed by atoms with Gasteiger partial charge < -0.3 is 10.4 Å². The zero-order valence-corrected chi connectivity index (χ0v) is 8.62. The van der Waals surface area contributed by atoms with Gasteiger partial charge in [0.2, 0.25) is 0 Å². The molecule has 1 aliphatic carbocycles. The second kappa shape index (κ2) is 4.45. The van der Waals surface area contributed by atoms with Gasteiger partial charge in [0.25, 0.3) is 0 Å². The maximum Gasteiger partial charge on any atom is 0.163 e. The molecule has 0 saturated carbocycles. The first-order valence-electron chi connectivity index (χ1n) is 5.32. The van der Waals surface area contributed by atoms with Crippen LogP contribution in [-0.2, 0) is 6.42 Å². The molecule has 80 valence electrons. The number of benzene rings is 1. The van der Waals surface area contributed by atoms with Crippen LogP contribution >= 0.6 is 0 Å². The van der Waals surface area contributed by atoms with E-state index < -0.39 is 0 Å². The van der Waals surface area contributed by atoms with Crippen LogP contribution in [0.25, 0.3) is 0 Å². The van der Waals surface area contributed by atoms with Crippen LogP contribution in [0.2, 0.25) is 0 Å². The summed E-state index contributed by atoms with van der Waals surface area (Å²) in [6, 6.07) is 5.80. The Morgan fingerprint density at radius 3 is 3.00 bits per heavy atom. The van der Waals surface area contributed by atoms with Gasteiger partial charge >= 0.3 is 0 Å². The molecule has 1 aromatic rings. The number of aliphatic hydroxyl groups excluding tert-OH is 1. The number of ketones is 1. The van der Waals surface area contributed by atoms with Crippen molar-refractivity contribution in [3.05, 3.63) is 29.3 Å². The zero-order chi connectivity index (χ0) is 10.7. The lowest BCUT2D eigenvalue weighted by Crippen LogP contribution is -2.12. The molecule has 1 aliphatic rings. The van der Waals surface area contributed by atoms with Crippen LogP contribution in [0, 0.1) is 0 Å². The number of nitrogens with one attached hydrogen (secondary N) is 1. The predicted molar refractivity (Wildman–Crippen MR) is 59.3 cm³/mol. The molecule has 0 radical (unpaired) electrons.